The number of nitrogens with zero attached hydrogens (tertiary/aromatic N) is 1. The fourth-order valence-electron chi connectivity index (χ4n) is 5.01. The van der Waals surface area contributed by atoms with Gasteiger partial charge >= 0.3 is 0 Å². The molecule has 0 radical (unpaired) electrons. The van der Waals surface area contributed by atoms with Crippen LogP contribution in [0.1, 0.15) is 32.3 Å². The standard InChI is InChI=1S/C33H32N2/c1-3-33(34,4-2)31-24-21-25-13-11-12-18-30(25)32(31)26-19-22-29(23-20-26)35(27-14-7-5-8-15-27)28-16-9-6-10-17-28/h5-24H,3-4,34H2,1-2H3. The molecule has 2 heteroatoms. The molecule has 35 heavy (non-hydrogen) atoms. The summed E-state index contributed by atoms with van der Waals surface area (Å²) in [6.07, 6.45) is 1.78. The van der Waals surface area contributed by atoms with Crippen LogP contribution in [0.3, 0.4) is 0 Å². The monoisotopic (exact) mass is 456 g/mol. The number of hydrogen-bond acceptors (Lipinski definition) is 2. The summed E-state index contributed by atoms with van der Waals surface area (Å²) < 4.78 is 0. The van der Waals surface area contributed by atoms with Crippen molar-refractivity contribution < 1.29 is 0 Å². The number of nitrogens with two attached hydrogens (primary N) is 1. The van der Waals surface area contributed by atoms with Crippen LogP contribution >= 0.6 is 0 Å². The molecule has 0 aliphatic carbocycles. The number of fused-ring (bicyclic) bond motifs is 1. The fraction of sp³-hybridized carbons (Fsp3) is 0.152. The minimum atomic E-state index is -0.363. The Labute approximate surface area is 208 Å². The number of para-hydroxylation sites is 2. The van der Waals surface area contributed by atoms with Crippen molar-refractivity contribution in [3.05, 3.63) is 127 Å². The molecule has 5 rings (SSSR count). The Morgan fingerprint density at radius 3 is 1.66 bits per heavy atom. The molecule has 174 valence electrons. The van der Waals surface area contributed by atoms with Crippen molar-refractivity contribution in [3.63, 3.8) is 0 Å². The minimum Gasteiger partial charge on any atom is -0.321 e. The second-order valence-electron chi connectivity index (χ2n) is 9.13. The number of hydrogen-bond donors (Lipinski definition) is 1. The Balaban J connectivity index is 1.66. The predicted octanol–water partition coefficient (Wildman–Crippen LogP) is 8.95. The van der Waals surface area contributed by atoms with Crippen molar-refractivity contribution in [3.8, 4) is 11.1 Å². The molecule has 2 nitrogen and oxygen atoms in total. The maximum absolute atomic E-state index is 6.97. The van der Waals surface area contributed by atoms with Gasteiger partial charge in [-0.05, 0) is 76.7 Å². The topological polar surface area (TPSA) is 29.3 Å². The Kier molecular flexibility index (Phi) is 6.39. The van der Waals surface area contributed by atoms with Crippen LogP contribution in [0.25, 0.3) is 21.9 Å². The second-order valence-corrected chi connectivity index (χ2v) is 9.13. The van der Waals surface area contributed by atoms with Gasteiger partial charge in [-0.1, -0.05) is 98.8 Å². The van der Waals surface area contributed by atoms with Crippen LogP contribution in [0.5, 0.6) is 0 Å². The van der Waals surface area contributed by atoms with Crippen molar-refractivity contribution in [2.24, 2.45) is 5.73 Å². The maximum Gasteiger partial charge on any atom is 0.0462 e. The highest BCUT2D eigenvalue weighted by Crippen LogP contribution is 2.41. The Morgan fingerprint density at radius 1 is 0.571 bits per heavy atom. The summed E-state index contributed by atoms with van der Waals surface area (Å²) in [6, 6.07) is 43.0. The van der Waals surface area contributed by atoms with Gasteiger partial charge in [-0.3, -0.25) is 0 Å². The molecule has 0 aliphatic rings. The first-order chi connectivity index (χ1) is 17.1. The van der Waals surface area contributed by atoms with Gasteiger partial charge in [-0.15, -0.1) is 0 Å². The summed E-state index contributed by atoms with van der Waals surface area (Å²) >= 11 is 0. The van der Waals surface area contributed by atoms with E-state index in [2.05, 4.69) is 140 Å². The highest BCUT2D eigenvalue weighted by molar-refractivity contribution is 5.99. The first kappa shape index (κ1) is 22.9. The van der Waals surface area contributed by atoms with Crippen LogP contribution in [0.15, 0.2) is 121 Å². The van der Waals surface area contributed by atoms with E-state index < -0.39 is 0 Å². The van der Waals surface area contributed by atoms with E-state index in [1.807, 2.05) is 0 Å². The molecule has 5 aromatic rings. The van der Waals surface area contributed by atoms with Gasteiger partial charge in [0.1, 0.15) is 0 Å². The highest BCUT2D eigenvalue weighted by atomic mass is 15.1. The van der Waals surface area contributed by atoms with Crippen LogP contribution in [0.2, 0.25) is 0 Å². The molecule has 0 saturated carbocycles. The van der Waals surface area contributed by atoms with E-state index in [9.17, 15) is 0 Å². The third kappa shape index (κ3) is 4.34. The zero-order valence-corrected chi connectivity index (χ0v) is 20.5. The average molecular weight is 457 g/mol. The lowest BCUT2D eigenvalue weighted by atomic mass is 9.79. The molecule has 0 amide bonds. The van der Waals surface area contributed by atoms with Gasteiger partial charge in [-0.2, -0.15) is 0 Å². The van der Waals surface area contributed by atoms with E-state index in [4.69, 9.17) is 5.73 Å². The Bertz CT molecular complexity index is 1360. The van der Waals surface area contributed by atoms with Crippen LogP contribution in [-0.2, 0) is 5.54 Å². The van der Waals surface area contributed by atoms with Crippen LogP contribution < -0.4 is 10.6 Å². The van der Waals surface area contributed by atoms with Crippen LogP contribution in [-0.4, -0.2) is 0 Å². The first-order valence-electron chi connectivity index (χ1n) is 12.5. The molecule has 0 atom stereocenters. The largest absolute Gasteiger partial charge is 0.321 e. The lowest BCUT2D eigenvalue weighted by Crippen LogP contribution is -2.35. The summed E-state index contributed by atoms with van der Waals surface area (Å²) in [4.78, 5) is 2.29. The van der Waals surface area contributed by atoms with E-state index in [1.165, 1.54) is 27.5 Å². The van der Waals surface area contributed by atoms with Crippen LogP contribution in [0.4, 0.5) is 17.1 Å². The third-order valence-electron chi connectivity index (χ3n) is 7.17. The van der Waals surface area contributed by atoms with Gasteiger partial charge in [0.25, 0.3) is 0 Å². The third-order valence-corrected chi connectivity index (χ3v) is 7.17. The summed E-state index contributed by atoms with van der Waals surface area (Å²) in [5.74, 6) is 0. The molecule has 0 saturated heterocycles. The zero-order valence-electron chi connectivity index (χ0n) is 20.5. The van der Waals surface area contributed by atoms with Crippen molar-refractivity contribution in [1.82, 2.24) is 0 Å². The quantitative estimate of drug-likeness (QED) is 0.265. The second kappa shape index (κ2) is 9.77. The molecule has 2 N–H and O–H groups in total. The van der Waals surface area contributed by atoms with Gasteiger partial charge in [0.05, 0.1) is 0 Å². The molecule has 0 unspecified atom stereocenters. The number of anilines is 3. The van der Waals surface area contributed by atoms with Gasteiger partial charge in [0, 0.05) is 22.6 Å². The van der Waals surface area contributed by atoms with E-state index >= 15 is 0 Å². The highest BCUT2D eigenvalue weighted by Gasteiger charge is 2.27. The Morgan fingerprint density at radius 2 is 1.09 bits per heavy atom. The predicted molar refractivity (Wildman–Crippen MR) is 151 cm³/mol. The zero-order chi connectivity index (χ0) is 24.3. The average Bonchev–Trinajstić information content (AvgIpc) is 2.94. The van der Waals surface area contributed by atoms with Gasteiger partial charge < -0.3 is 10.6 Å². The molecule has 0 fully saturated rings. The summed E-state index contributed by atoms with van der Waals surface area (Å²) in [5, 5.41) is 2.48. The molecule has 0 aliphatic heterocycles. The molecule has 0 aromatic heterocycles. The van der Waals surface area contributed by atoms with Crippen molar-refractivity contribution >= 4 is 27.8 Å². The SMILES string of the molecule is CCC(N)(CC)c1ccc2ccccc2c1-c1ccc(N(c2ccccc2)c2ccccc2)cc1. The lowest BCUT2D eigenvalue weighted by Gasteiger charge is -2.31. The number of benzene rings is 5. The fourth-order valence-corrected chi connectivity index (χ4v) is 5.01. The van der Waals surface area contributed by atoms with Crippen LogP contribution in [0, 0.1) is 0 Å². The minimum absolute atomic E-state index is 0.363. The number of rotatable bonds is 7. The van der Waals surface area contributed by atoms with Crippen molar-refractivity contribution in [2.45, 2.75) is 32.2 Å². The molecular formula is C33H32N2. The molecule has 0 heterocycles. The summed E-state index contributed by atoms with van der Waals surface area (Å²) in [6.45, 7) is 4.37. The van der Waals surface area contributed by atoms with Gasteiger partial charge in [-0.25, -0.2) is 0 Å². The molecule has 5 aromatic carbocycles. The van der Waals surface area contributed by atoms with E-state index in [1.54, 1.807) is 0 Å². The Hall–Kier alpha value is -3.88. The van der Waals surface area contributed by atoms with Gasteiger partial charge in [0.15, 0.2) is 0 Å². The summed E-state index contributed by atoms with van der Waals surface area (Å²) in [7, 11) is 0. The summed E-state index contributed by atoms with van der Waals surface area (Å²) in [5.41, 5.74) is 13.7. The van der Waals surface area contributed by atoms with E-state index in [0.717, 1.165) is 29.9 Å². The lowest BCUT2D eigenvalue weighted by molar-refractivity contribution is 0.414. The first-order valence-corrected chi connectivity index (χ1v) is 12.5. The molecule has 0 spiro atoms. The van der Waals surface area contributed by atoms with Crippen molar-refractivity contribution in [2.75, 3.05) is 4.90 Å². The normalized spacial score (nSPS) is 11.5. The van der Waals surface area contributed by atoms with E-state index in [0.29, 0.717) is 0 Å². The maximum atomic E-state index is 6.97. The van der Waals surface area contributed by atoms with Crippen molar-refractivity contribution in [1.29, 1.82) is 0 Å². The smallest absolute Gasteiger partial charge is 0.0462 e. The molecule has 0 bridgehead atoms. The van der Waals surface area contributed by atoms with Gasteiger partial charge in [0.2, 0.25) is 0 Å². The molecular weight excluding hydrogens is 424 g/mol. The van der Waals surface area contributed by atoms with E-state index in [-0.39, 0.29) is 5.54 Å².